The van der Waals surface area contributed by atoms with Crippen LogP contribution in [-0.4, -0.2) is 44.3 Å². The van der Waals surface area contributed by atoms with Crippen LogP contribution in [0, 0.1) is 0 Å². The van der Waals surface area contributed by atoms with E-state index in [-0.39, 0.29) is 17.9 Å². The molecule has 0 spiro atoms. The zero-order valence-corrected chi connectivity index (χ0v) is 15.2. The van der Waals surface area contributed by atoms with Crippen LogP contribution in [0.25, 0.3) is 11.4 Å². The molecular formula is C21H19N5O2. The Labute approximate surface area is 162 Å². The fraction of sp³-hybridized carbons (Fsp3) is 0.190. The van der Waals surface area contributed by atoms with Crippen molar-refractivity contribution in [2.75, 3.05) is 6.54 Å². The number of hydrogen-bond donors (Lipinski definition) is 1. The van der Waals surface area contributed by atoms with Crippen LogP contribution >= 0.6 is 0 Å². The lowest BCUT2D eigenvalue weighted by atomic mass is 10.2. The van der Waals surface area contributed by atoms with Crippen LogP contribution in [0.2, 0.25) is 0 Å². The first-order valence-corrected chi connectivity index (χ1v) is 9.04. The Hall–Kier alpha value is -3.61. The third-order valence-electron chi connectivity index (χ3n) is 4.60. The predicted octanol–water partition coefficient (Wildman–Crippen LogP) is 2.07. The molecule has 1 aliphatic rings. The SMILES string of the molecule is O=C(N[C@H]1CC(=O)N(Cc2ccccc2)C1)c1cnc(-c2cccnc2)nc1. The maximum Gasteiger partial charge on any atom is 0.254 e. The second-order valence-corrected chi connectivity index (χ2v) is 6.67. The summed E-state index contributed by atoms with van der Waals surface area (Å²) in [5, 5.41) is 2.91. The van der Waals surface area contributed by atoms with Crippen molar-refractivity contribution in [1.82, 2.24) is 25.2 Å². The average Bonchev–Trinajstić information content (AvgIpc) is 3.08. The van der Waals surface area contributed by atoms with Crippen molar-refractivity contribution in [3.8, 4) is 11.4 Å². The van der Waals surface area contributed by atoms with Crippen LogP contribution in [0.5, 0.6) is 0 Å². The highest BCUT2D eigenvalue weighted by atomic mass is 16.2. The molecule has 1 atom stereocenters. The highest BCUT2D eigenvalue weighted by Crippen LogP contribution is 2.16. The summed E-state index contributed by atoms with van der Waals surface area (Å²) in [6, 6.07) is 13.3. The molecule has 1 N–H and O–H groups in total. The number of nitrogens with one attached hydrogen (secondary N) is 1. The van der Waals surface area contributed by atoms with E-state index in [0.717, 1.165) is 11.1 Å². The second kappa shape index (κ2) is 7.96. The van der Waals surface area contributed by atoms with E-state index in [2.05, 4.69) is 20.3 Å². The van der Waals surface area contributed by atoms with Gasteiger partial charge in [0.05, 0.1) is 11.6 Å². The minimum atomic E-state index is -0.280. The summed E-state index contributed by atoms with van der Waals surface area (Å²) < 4.78 is 0. The molecule has 7 nitrogen and oxygen atoms in total. The van der Waals surface area contributed by atoms with Gasteiger partial charge in [-0.1, -0.05) is 30.3 Å². The smallest absolute Gasteiger partial charge is 0.254 e. The van der Waals surface area contributed by atoms with Gasteiger partial charge in [0.25, 0.3) is 5.91 Å². The van der Waals surface area contributed by atoms with Gasteiger partial charge in [-0.2, -0.15) is 0 Å². The second-order valence-electron chi connectivity index (χ2n) is 6.67. The Bertz CT molecular complexity index is 961. The van der Waals surface area contributed by atoms with Gasteiger partial charge < -0.3 is 10.2 Å². The highest BCUT2D eigenvalue weighted by molar-refractivity contribution is 5.94. The first-order chi connectivity index (χ1) is 13.7. The monoisotopic (exact) mass is 373 g/mol. The van der Waals surface area contributed by atoms with Crippen molar-refractivity contribution in [2.45, 2.75) is 19.0 Å². The molecule has 3 heterocycles. The minimum absolute atomic E-state index is 0.0392. The van der Waals surface area contributed by atoms with E-state index >= 15 is 0 Å². The molecule has 4 rings (SSSR count). The molecule has 0 radical (unpaired) electrons. The number of nitrogens with zero attached hydrogens (tertiary/aromatic N) is 4. The third kappa shape index (κ3) is 4.03. The molecule has 0 aliphatic carbocycles. The molecule has 1 fully saturated rings. The molecule has 1 aromatic carbocycles. The zero-order chi connectivity index (χ0) is 19.3. The Morgan fingerprint density at radius 1 is 1.07 bits per heavy atom. The molecule has 1 aliphatic heterocycles. The van der Waals surface area contributed by atoms with Gasteiger partial charge in [-0.25, -0.2) is 9.97 Å². The Balaban J connectivity index is 1.37. The standard InChI is InChI=1S/C21H19N5O2/c27-19-9-18(14-26(19)13-15-5-2-1-3-6-15)25-21(28)17-11-23-20(24-12-17)16-7-4-8-22-10-16/h1-8,10-12,18H,9,13-14H2,(H,25,28)/t18-/m0/s1. The van der Waals surface area contributed by atoms with E-state index in [0.29, 0.717) is 30.9 Å². The summed E-state index contributed by atoms with van der Waals surface area (Å²) in [4.78, 5) is 39.0. The number of aromatic nitrogens is 3. The number of amides is 2. The largest absolute Gasteiger partial charge is 0.347 e. The Morgan fingerprint density at radius 3 is 2.57 bits per heavy atom. The lowest BCUT2D eigenvalue weighted by molar-refractivity contribution is -0.128. The van der Waals surface area contributed by atoms with Gasteiger partial charge in [-0.15, -0.1) is 0 Å². The summed E-state index contributed by atoms with van der Waals surface area (Å²) >= 11 is 0. The van der Waals surface area contributed by atoms with Crippen LogP contribution in [0.1, 0.15) is 22.3 Å². The Morgan fingerprint density at radius 2 is 1.86 bits per heavy atom. The lowest BCUT2D eigenvalue weighted by Crippen LogP contribution is -2.37. The normalized spacial score (nSPS) is 16.2. The van der Waals surface area contributed by atoms with Gasteiger partial charge in [0.15, 0.2) is 5.82 Å². The van der Waals surface area contributed by atoms with Crippen LogP contribution in [0.3, 0.4) is 0 Å². The molecule has 3 aromatic rings. The molecule has 0 unspecified atom stereocenters. The van der Waals surface area contributed by atoms with Crippen molar-refractivity contribution in [1.29, 1.82) is 0 Å². The van der Waals surface area contributed by atoms with E-state index < -0.39 is 0 Å². The van der Waals surface area contributed by atoms with Crippen LogP contribution in [0.4, 0.5) is 0 Å². The van der Waals surface area contributed by atoms with E-state index in [1.165, 1.54) is 12.4 Å². The van der Waals surface area contributed by atoms with Gasteiger partial charge in [0, 0.05) is 49.9 Å². The topological polar surface area (TPSA) is 88.1 Å². The number of benzene rings is 1. The number of carbonyl (C=O) groups is 2. The molecule has 0 bridgehead atoms. The zero-order valence-electron chi connectivity index (χ0n) is 15.2. The van der Waals surface area contributed by atoms with Gasteiger partial charge in [0.1, 0.15) is 0 Å². The van der Waals surface area contributed by atoms with Gasteiger partial charge in [-0.3, -0.25) is 14.6 Å². The number of pyridine rings is 1. The molecule has 0 saturated carbocycles. The van der Waals surface area contributed by atoms with Crippen molar-refractivity contribution in [3.63, 3.8) is 0 Å². The maximum absolute atomic E-state index is 12.5. The molecule has 2 amide bonds. The van der Waals surface area contributed by atoms with E-state index in [9.17, 15) is 9.59 Å². The van der Waals surface area contributed by atoms with E-state index in [1.807, 2.05) is 36.4 Å². The highest BCUT2D eigenvalue weighted by Gasteiger charge is 2.30. The number of hydrogen-bond acceptors (Lipinski definition) is 5. The van der Waals surface area contributed by atoms with E-state index in [4.69, 9.17) is 0 Å². The number of rotatable bonds is 5. The number of carbonyl (C=O) groups excluding carboxylic acids is 2. The molecule has 1 saturated heterocycles. The molecule has 7 heteroatoms. The van der Waals surface area contributed by atoms with Crippen LogP contribution in [0.15, 0.2) is 67.3 Å². The minimum Gasteiger partial charge on any atom is -0.347 e. The lowest BCUT2D eigenvalue weighted by Gasteiger charge is -2.17. The summed E-state index contributed by atoms with van der Waals surface area (Å²) in [6.07, 6.45) is 6.62. The predicted molar refractivity (Wildman–Crippen MR) is 103 cm³/mol. The molecule has 2 aromatic heterocycles. The summed E-state index contributed by atoms with van der Waals surface area (Å²) in [6.45, 7) is 1.04. The fourth-order valence-corrected chi connectivity index (χ4v) is 3.18. The van der Waals surface area contributed by atoms with Gasteiger partial charge >= 0.3 is 0 Å². The van der Waals surface area contributed by atoms with Crippen LogP contribution < -0.4 is 5.32 Å². The van der Waals surface area contributed by atoms with Crippen molar-refractivity contribution in [3.05, 3.63) is 78.4 Å². The maximum atomic E-state index is 12.5. The first kappa shape index (κ1) is 17.8. The molecular weight excluding hydrogens is 354 g/mol. The first-order valence-electron chi connectivity index (χ1n) is 9.04. The van der Waals surface area contributed by atoms with Crippen molar-refractivity contribution in [2.24, 2.45) is 0 Å². The summed E-state index contributed by atoms with van der Waals surface area (Å²) in [5.74, 6) is 0.268. The molecule has 140 valence electrons. The van der Waals surface area contributed by atoms with Gasteiger partial charge in [-0.05, 0) is 17.7 Å². The summed E-state index contributed by atoms with van der Waals surface area (Å²) in [7, 11) is 0. The number of likely N-dealkylation sites (tertiary alicyclic amines) is 1. The quantitative estimate of drug-likeness (QED) is 0.740. The Kier molecular flexibility index (Phi) is 5.05. The molecule has 28 heavy (non-hydrogen) atoms. The van der Waals surface area contributed by atoms with Crippen molar-refractivity contribution >= 4 is 11.8 Å². The summed E-state index contributed by atoms with van der Waals surface area (Å²) in [5.41, 5.74) is 2.22. The average molecular weight is 373 g/mol. The fourth-order valence-electron chi connectivity index (χ4n) is 3.18. The van der Waals surface area contributed by atoms with Crippen molar-refractivity contribution < 1.29 is 9.59 Å². The van der Waals surface area contributed by atoms with E-state index in [1.54, 1.807) is 23.4 Å². The van der Waals surface area contributed by atoms with Gasteiger partial charge in [0.2, 0.25) is 5.91 Å². The third-order valence-corrected chi connectivity index (χ3v) is 4.60. The van der Waals surface area contributed by atoms with Crippen LogP contribution in [-0.2, 0) is 11.3 Å².